The Morgan fingerprint density at radius 1 is 1.39 bits per heavy atom. The van der Waals surface area contributed by atoms with E-state index in [9.17, 15) is 12.9 Å². The molecule has 7 heteroatoms. The predicted octanol–water partition coefficient (Wildman–Crippen LogP) is 0.575. The second-order valence-electron chi connectivity index (χ2n) is 3.86. The maximum atomic E-state index is 12.8. The summed E-state index contributed by atoms with van der Waals surface area (Å²) in [6.07, 6.45) is 0. The van der Waals surface area contributed by atoms with Crippen molar-refractivity contribution in [1.82, 2.24) is 0 Å². The van der Waals surface area contributed by atoms with Crippen LogP contribution in [0.3, 0.4) is 0 Å². The number of hydrogen-bond donors (Lipinski definition) is 0. The largest absolute Gasteiger partial charge is 1.00 e. The molecule has 0 aliphatic carbocycles. The minimum absolute atomic E-state index is 0. The number of hydrogen-bond acceptors (Lipinski definition) is 1. The molecule has 0 aliphatic heterocycles. The predicted molar refractivity (Wildman–Crippen MR) is 65.0 cm³/mol. The second-order valence-corrected chi connectivity index (χ2v) is 4.08. The molecule has 0 spiro atoms. The molecule has 18 heavy (non-hydrogen) atoms. The fraction of sp³-hybridized carbons (Fsp3) is 0.273. The van der Waals surface area contributed by atoms with Crippen LogP contribution in [0.2, 0.25) is 0 Å². The molecule has 0 aromatic heterocycles. The van der Waals surface area contributed by atoms with Gasteiger partial charge in [-0.2, -0.15) is 0 Å². The van der Waals surface area contributed by atoms with Crippen LogP contribution in [0.1, 0.15) is 12.5 Å². The first-order valence-corrected chi connectivity index (χ1v) is 5.47. The monoisotopic (exact) mass is 302 g/mol. The van der Waals surface area contributed by atoms with Gasteiger partial charge in [-0.15, -0.1) is 0 Å². The number of benzene rings is 1. The smallest absolute Gasteiger partial charge is 0.492 e. The van der Waals surface area contributed by atoms with Crippen LogP contribution in [0.5, 0.6) is 5.75 Å². The third-order valence-electron chi connectivity index (χ3n) is 2.16. The molecule has 1 aromatic carbocycles. The van der Waals surface area contributed by atoms with Gasteiger partial charge in [0.05, 0.1) is 5.75 Å². The molecule has 0 saturated heterocycles. The van der Waals surface area contributed by atoms with Crippen molar-refractivity contribution < 1.29 is 69.1 Å². The molecule has 94 valence electrons. The van der Waals surface area contributed by atoms with Gasteiger partial charge in [-0.3, -0.25) is 0 Å². The Labute approximate surface area is 152 Å². The van der Waals surface area contributed by atoms with Gasteiger partial charge in [-0.25, -0.2) is 0 Å². The molecule has 0 radical (unpaired) electrons. The Morgan fingerprint density at radius 2 is 2.00 bits per heavy atom. The SMILES string of the molecule is C/C(=C/Cl)COc1ccc(C)cc1[B-](F)(F)F.[K+]. The standard InChI is InChI=1S/C11H12BClF3O.K/c1-8-3-4-11(17-7-9(2)6-13)10(5-8)12(14,15)16;/h3-6H,7H2,1-2H3;/q-1;+1/b9-6-;. The maximum Gasteiger partial charge on any atom is 1.00 e. The van der Waals surface area contributed by atoms with Crippen molar-refractivity contribution in [3.8, 4) is 5.75 Å². The van der Waals surface area contributed by atoms with E-state index in [4.69, 9.17) is 16.3 Å². The molecular weight excluding hydrogens is 290 g/mol. The zero-order chi connectivity index (χ0) is 13.1. The molecule has 1 nitrogen and oxygen atoms in total. The molecule has 0 saturated carbocycles. The average Bonchev–Trinajstić information content (AvgIpc) is 2.25. The minimum Gasteiger partial charge on any atom is -0.492 e. The zero-order valence-corrected chi connectivity index (χ0v) is 14.4. The first-order chi connectivity index (χ1) is 7.84. The molecule has 1 aromatic rings. The quantitative estimate of drug-likeness (QED) is 0.739. The molecule has 0 fully saturated rings. The van der Waals surface area contributed by atoms with E-state index >= 15 is 0 Å². The van der Waals surface area contributed by atoms with Crippen LogP contribution < -0.4 is 61.6 Å². The summed E-state index contributed by atoms with van der Waals surface area (Å²) in [4.78, 5) is 0. The zero-order valence-electron chi connectivity index (χ0n) is 10.5. The molecule has 0 unspecified atom stereocenters. The van der Waals surface area contributed by atoms with E-state index in [2.05, 4.69) is 0 Å². The molecule has 0 heterocycles. The fourth-order valence-corrected chi connectivity index (χ4v) is 1.34. The Kier molecular flexibility index (Phi) is 8.21. The van der Waals surface area contributed by atoms with E-state index in [1.54, 1.807) is 19.9 Å². The molecule has 0 bridgehead atoms. The normalized spacial score (nSPS) is 12.0. The Hall–Kier alpha value is 0.541. The van der Waals surface area contributed by atoms with Gasteiger partial charge in [0.15, 0.2) is 0 Å². The minimum atomic E-state index is -5.07. The second kappa shape index (κ2) is 7.97. The van der Waals surface area contributed by atoms with E-state index in [1.165, 1.54) is 11.6 Å². The third-order valence-corrected chi connectivity index (χ3v) is 2.53. The summed E-state index contributed by atoms with van der Waals surface area (Å²) in [6.45, 7) is -1.73. The average molecular weight is 303 g/mol. The van der Waals surface area contributed by atoms with Gasteiger partial charge in [-0.1, -0.05) is 34.8 Å². The van der Waals surface area contributed by atoms with Crippen molar-refractivity contribution in [1.29, 1.82) is 0 Å². The van der Waals surface area contributed by atoms with Gasteiger partial charge in [0, 0.05) is 5.54 Å². The van der Waals surface area contributed by atoms with E-state index in [-0.39, 0.29) is 63.7 Å². The number of ether oxygens (including phenoxy) is 1. The first-order valence-electron chi connectivity index (χ1n) is 5.03. The van der Waals surface area contributed by atoms with Crippen LogP contribution in [0.15, 0.2) is 29.3 Å². The van der Waals surface area contributed by atoms with Crippen molar-refractivity contribution in [2.45, 2.75) is 13.8 Å². The molecule has 1 rings (SSSR count). The van der Waals surface area contributed by atoms with Crippen LogP contribution in [-0.4, -0.2) is 13.6 Å². The fourth-order valence-electron chi connectivity index (χ4n) is 1.28. The van der Waals surface area contributed by atoms with Crippen LogP contribution in [0.25, 0.3) is 0 Å². The van der Waals surface area contributed by atoms with Gasteiger partial charge >= 0.3 is 58.4 Å². The Bertz CT molecular complexity index is 435. The molecule has 0 atom stereocenters. The van der Waals surface area contributed by atoms with Gasteiger partial charge in [0.25, 0.3) is 0 Å². The Balaban J connectivity index is 0.00000289. The van der Waals surface area contributed by atoms with E-state index < -0.39 is 12.4 Å². The molecule has 0 N–H and O–H groups in total. The molecular formula is C11H12BClF3KO. The van der Waals surface area contributed by atoms with E-state index in [1.807, 2.05) is 0 Å². The van der Waals surface area contributed by atoms with Gasteiger partial charge in [0.2, 0.25) is 0 Å². The van der Waals surface area contributed by atoms with Crippen LogP contribution >= 0.6 is 11.6 Å². The van der Waals surface area contributed by atoms with Crippen LogP contribution in [-0.2, 0) is 0 Å². The summed E-state index contributed by atoms with van der Waals surface area (Å²) >= 11 is 5.41. The molecule has 0 aliphatic rings. The molecule has 0 amide bonds. The first kappa shape index (κ1) is 18.5. The van der Waals surface area contributed by atoms with Crippen molar-refractivity contribution in [3.05, 3.63) is 34.9 Å². The summed E-state index contributed by atoms with van der Waals surface area (Å²) < 4.78 is 43.4. The number of aryl methyl sites for hydroxylation is 1. The van der Waals surface area contributed by atoms with Crippen molar-refractivity contribution in [2.75, 3.05) is 6.61 Å². The van der Waals surface area contributed by atoms with Crippen molar-refractivity contribution in [3.63, 3.8) is 0 Å². The van der Waals surface area contributed by atoms with Gasteiger partial charge in [0.1, 0.15) is 6.61 Å². The topological polar surface area (TPSA) is 9.23 Å². The summed E-state index contributed by atoms with van der Waals surface area (Å²) in [5.74, 6) is -0.152. The summed E-state index contributed by atoms with van der Waals surface area (Å²) in [6, 6.07) is 4.01. The van der Waals surface area contributed by atoms with Crippen LogP contribution in [0, 0.1) is 6.92 Å². The van der Waals surface area contributed by atoms with Gasteiger partial charge < -0.3 is 17.7 Å². The van der Waals surface area contributed by atoms with E-state index in [0.717, 1.165) is 6.07 Å². The summed E-state index contributed by atoms with van der Waals surface area (Å²) in [5, 5.41) is 0. The summed E-state index contributed by atoms with van der Waals surface area (Å²) in [5.41, 5.74) is 1.79. The summed E-state index contributed by atoms with van der Waals surface area (Å²) in [7, 11) is 0. The maximum absolute atomic E-state index is 12.8. The van der Waals surface area contributed by atoms with E-state index in [0.29, 0.717) is 11.1 Å². The third kappa shape index (κ3) is 5.67. The van der Waals surface area contributed by atoms with Gasteiger partial charge in [-0.05, 0) is 25.5 Å². The van der Waals surface area contributed by atoms with Crippen molar-refractivity contribution in [2.24, 2.45) is 0 Å². The number of halogens is 4. The number of rotatable bonds is 4. The Morgan fingerprint density at radius 3 is 2.50 bits per heavy atom. The van der Waals surface area contributed by atoms with Crippen molar-refractivity contribution >= 4 is 24.0 Å². The van der Waals surface area contributed by atoms with Crippen LogP contribution in [0.4, 0.5) is 12.9 Å².